The number of hydrogen-bond acceptors (Lipinski definition) is 8. The Balaban J connectivity index is 1.45. The molecule has 1 aromatic heterocycles. The minimum absolute atomic E-state index is 0.00121. The lowest BCUT2D eigenvalue weighted by Gasteiger charge is -2.26. The van der Waals surface area contributed by atoms with E-state index >= 15 is 4.39 Å². The average molecular weight is 562 g/mol. The fourth-order valence-electron chi connectivity index (χ4n) is 4.05. The number of hydrogen-bond donors (Lipinski definition) is 2. The summed E-state index contributed by atoms with van der Waals surface area (Å²) in [5.41, 5.74) is -0.591. The lowest BCUT2D eigenvalue weighted by molar-refractivity contribution is -0.175. The van der Waals surface area contributed by atoms with Gasteiger partial charge in [-0.15, -0.1) is 0 Å². The summed E-state index contributed by atoms with van der Waals surface area (Å²) in [5, 5.41) is 2.51. The zero-order valence-corrected chi connectivity index (χ0v) is 22.2. The minimum Gasteiger partial charge on any atom is -0.460 e. The van der Waals surface area contributed by atoms with E-state index in [2.05, 4.69) is 10.1 Å². The molecule has 208 valence electrons. The average Bonchev–Trinajstić information content (AvgIpc) is 3.21. The quantitative estimate of drug-likeness (QED) is 0.265. The molecule has 5 atom stereocenters. The summed E-state index contributed by atoms with van der Waals surface area (Å²) in [6.45, 7) is 2.23. The molecule has 0 amide bonds. The zero-order chi connectivity index (χ0) is 28.0. The highest BCUT2D eigenvalue weighted by atomic mass is 31.2. The number of aromatic amines is 1. The highest BCUT2D eigenvalue weighted by molar-refractivity contribution is 7.52. The number of halogens is 1. The van der Waals surface area contributed by atoms with E-state index in [4.69, 9.17) is 18.5 Å². The Morgan fingerprint density at radius 2 is 1.85 bits per heavy atom. The second kappa shape index (κ2) is 12.1. The topological polar surface area (TPSA) is 138 Å². The van der Waals surface area contributed by atoms with Crippen LogP contribution in [0.15, 0.2) is 82.5 Å². The van der Waals surface area contributed by atoms with Crippen molar-refractivity contribution in [2.24, 2.45) is 5.92 Å². The first-order valence-electron chi connectivity index (χ1n) is 12.2. The maximum absolute atomic E-state index is 15.8. The standard InChI is InChI=1S/C26H29FN3O8P/c1-18-15-26(27,37-23(18)30-14-13-22(31)28-25(30)33)17-36-39(34,38-21-11-7-4-8-12-21)29-19(2)24(32)35-16-20-9-5-3-6-10-20/h3-14,18-19,23H,15-17H2,1-2H3,(H,29,34)(H,28,31,33). The molecule has 0 saturated carbocycles. The molecule has 39 heavy (non-hydrogen) atoms. The van der Waals surface area contributed by atoms with Gasteiger partial charge in [0.2, 0.25) is 5.85 Å². The molecular formula is C26H29FN3O8P. The van der Waals surface area contributed by atoms with Crippen molar-refractivity contribution >= 4 is 13.7 Å². The molecule has 4 rings (SSSR count). The third-order valence-electron chi connectivity index (χ3n) is 5.92. The Labute approximate surface area is 223 Å². The van der Waals surface area contributed by atoms with E-state index in [1.807, 2.05) is 6.07 Å². The smallest absolute Gasteiger partial charge is 0.459 e. The molecule has 1 saturated heterocycles. The molecule has 0 aliphatic carbocycles. The number of alkyl halides is 1. The summed E-state index contributed by atoms with van der Waals surface area (Å²) in [7, 11) is -4.36. The molecule has 5 unspecified atom stereocenters. The fourth-order valence-corrected chi connectivity index (χ4v) is 5.57. The number of rotatable bonds is 11. The van der Waals surface area contributed by atoms with E-state index in [0.29, 0.717) is 0 Å². The van der Waals surface area contributed by atoms with E-state index in [9.17, 15) is 18.9 Å². The van der Waals surface area contributed by atoms with Crippen LogP contribution in [0, 0.1) is 5.92 Å². The molecule has 2 aromatic carbocycles. The van der Waals surface area contributed by atoms with Gasteiger partial charge in [0.15, 0.2) is 0 Å². The first-order valence-corrected chi connectivity index (χ1v) is 13.8. The first-order chi connectivity index (χ1) is 18.6. The Kier molecular flexibility index (Phi) is 8.81. The van der Waals surface area contributed by atoms with E-state index in [1.165, 1.54) is 25.3 Å². The van der Waals surface area contributed by atoms with Crippen LogP contribution in [0.3, 0.4) is 0 Å². The van der Waals surface area contributed by atoms with Crippen molar-refractivity contribution in [3.63, 3.8) is 0 Å². The molecule has 0 bridgehead atoms. The van der Waals surface area contributed by atoms with Crippen molar-refractivity contribution in [3.05, 3.63) is 99.3 Å². The van der Waals surface area contributed by atoms with Crippen LogP contribution in [-0.4, -0.2) is 34.0 Å². The lowest BCUT2D eigenvalue weighted by atomic mass is 10.1. The van der Waals surface area contributed by atoms with Crippen molar-refractivity contribution in [2.75, 3.05) is 6.61 Å². The van der Waals surface area contributed by atoms with E-state index < -0.39 is 55.6 Å². The van der Waals surface area contributed by atoms with Gasteiger partial charge in [-0.2, -0.15) is 5.09 Å². The highest BCUT2D eigenvalue weighted by Crippen LogP contribution is 2.49. The van der Waals surface area contributed by atoms with Gasteiger partial charge in [-0.3, -0.25) is 23.7 Å². The van der Waals surface area contributed by atoms with Crippen LogP contribution in [0.2, 0.25) is 0 Å². The minimum atomic E-state index is -4.36. The van der Waals surface area contributed by atoms with Crippen molar-refractivity contribution in [1.82, 2.24) is 14.6 Å². The number of H-pyrrole nitrogens is 1. The number of aromatic nitrogens is 2. The van der Waals surface area contributed by atoms with Gasteiger partial charge in [-0.05, 0) is 24.6 Å². The number of para-hydroxylation sites is 1. The highest BCUT2D eigenvalue weighted by Gasteiger charge is 2.48. The number of nitrogens with one attached hydrogen (secondary N) is 2. The number of nitrogens with zero attached hydrogens (tertiary/aromatic N) is 1. The van der Waals surface area contributed by atoms with Crippen molar-refractivity contribution in [3.8, 4) is 5.75 Å². The molecular weight excluding hydrogens is 532 g/mol. The molecule has 2 N–H and O–H groups in total. The lowest BCUT2D eigenvalue weighted by Crippen LogP contribution is -2.37. The van der Waals surface area contributed by atoms with Gasteiger partial charge in [0, 0.05) is 24.6 Å². The number of carbonyl (C=O) groups excluding carboxylic acids is 1. The van der Waals surface area contributed by atoms with Gasteiger partial charge in [0.25, 0.3) is 5.56 Å². The Hall–Kier alpha value is -3.57. The van der Waals surface area contributed by atoms with Crippen molar-refractivity contribution in [1.29, 1.82) is 0 Å². The van der Waals surface area contributed by atoms with E-state index in [1.54, 1.807) is 49.4 Å². The van der Waals surface area contributed by atoms with Gasteiger partial charge in [0.05, 0.1) is 0 Å². The van der Waals surface area contributed by atoms with Crippen LogP contribution < -0.4 is 20.9 Å². The molecule has 1 fully saturated rings. The fraction of sp³-hybridized carbons (Fsp3) is 0.346. The molecule has 0 spiro atoms. The Morgan fingerprint density at radius 1 is 1.18 bits per heavy atom. The monoisotopic (exact) mass is 561 g/mol. The van der Waals surface area contributed by atoms with Crippen LogP contribution in [0.25, 0.3) is 0 Å². The molecule has 0 radical (unpaired) electrons. The summed E-state index contributed by atoms with van der Waals surface area (Å²) >= 11 is 0. The van der Waals surface area contributed by atoms with Crippen LogP contribution in [-0.2, 0) is 30.0 Å². The predicted octanol–water partition coefficient (Wildman–Crippen LogP) is 3.68. The number of carbonyl (C=O) groups is 1. The van der Waals surface area contributed by atoms with Crippen LogP contribution in [0.1, 0.15) is 32.1 Å². The molecule has 1 aliphatic heterocycles. The Morgan fingerprint density at radius 3 is 2.51 bits per heavy atom. The third kappa shape index (κ3) is 7.51. The van der Waals surface area contributed by atoms with Crippen LogP contribution in [0.5, 0.6) is 5.75 Å². The summed E-state index contributed by atoms with van der Waals surface area (Å²) in [5.74, 6) is -3.52. The van der Waals surface area contributed by atoms with Gasteiger partial charge in [-0.1, -0.05) is 55.5 Å². The maximum atomic E-state index is 15.8. The summed E-state index contributed by atoms with van der Waals surface area (Å²) < 4.78 is 52.3. The maximum Gasteiger partial charge on any atom is 0.459 e. The van der Waals surface area contributed by atoms with Gasteiger partial charge < -0.3 is 14.0 Å². The third-order valence-corrected chi connectivity index (χ3v) is 7.54. The largest absolute Gasteiger partial charge is 0.460 e. The second-order valence-corrected chi connectivity index (χ2v) is 10.9. The van der Waals surface area contributed by atoms with E-state index in [-0.39, 0.29) is 18.8 Å². The Bertz CT molecular complexity index is 1430. The van der Waals surface area contributed by atoms with Crippen molar-refractivity contribution in [2.45, 2.75) is 45.0 Å². The summed E-state index contributed by atoms with van der Waals surface area (Å²) in [6, 6.07) is 17.0. The normalized spacial score (nSPS) is 23.1. The van der Waals surface area contributed by atoms with Crippen LogP contribution >= 0.6 is 7.75 Å². The molecule has 3 aromatic rings. The van der Waals surface area contributed by atoms with Gasteiger partial charge >= 0.3 is 19.4 Å². The van der Waals surface area contributed by atoms with Gasteiger partial charge in [-0.25, -0.2) is 13.8 Å². The van der Waals surface area contributed by atoms with Gasteiger partial charge in [0.1, 0.15) is 31.2 Å². The zero-order valence-electron chi connectivity index (χ0n) is 21.3. The number of esters is 1. The molecule has 11 nitrogen and oxygen atoms in total. The predicted molar refractivity (Wildman–Crippen MR) is 139 cm³/mol. The number of ether oxygens (including phenoxy) is 2. The first kappa shape index (κ1) is 28.4. The van der Waals surface area contributed by atoms with Crippen LogP contribution in [0.4, 0.5) is 4.39 Å². The second-order valence-electron chi connectivity index (χ2n) is 9.21. The molecule has 1 aliphatic rings. The van der Waals surface area contributed by atoms with Crippen molar-refractivity contribution < 1.29 is 32.3 Å². The number of benzene rings is 2. The van der Waals surface area contributed by atoms with E-state index in [0.717, 1.165) is 16.2 Å². The summed E-state index contributed by atoms with van der Waals surface area (Å²) in [4.78, 5) is 38.3. The SMILES string of the molecule is CC(NP(=O)(OCC1(F)CC(C)C(n2ccc(=O)[nH]c2=O)O1)Oc1ccccc1)C(=O)OCc1ccccc1. The molecule has 13 heteroatoms. The summed E-state index contributed by atoms with van der Waals surface area (Å²) in [6.07, 6.45) is -0.0384. The molecule has 2 heterocycles.